The maximum Gasteiger partial charge on any atom is 0.0574 e. The molecule has 2 nitrogen and oxygen atoms in total. The van der Waals surface area contributed by atoms with Crippen LogP contribution in [0.15, 0.2) is 18.2 Å². The van der Waals surface area contributed by atoms with E-state index in [1.807, 2.05) is 0 Å². The van der Waals surface area contributed by atoms with Gasteiger partial charge in [-0.05, 0) is 65.1 Å². The zero-order valence-electron chi connectivity index (χ0n) is 8.92. The Balaban J connectivity index is 2.33. The van der Waals surface area contributed by atoms with E-state index in [1.165, 1.54) is 40.4 Å². The van der Waals surface area contributed by atoms with E-state index in [2.05, 4.69) is 46.3 Å². The highest BCUT2D eigenvalue weighted by atomic mass is 127. The third kappa shape index (κ3) is 2.71. The van der Waals surface area contributed by atoms with Crippen molar-refractivity contribution in [2.45, 2.75) is 31.7 Å². The maximum atomic E-state index is 5.08. The second-order valence-corrected chi connectivity index (χ2v) is 5.21. The van der Waals surface area contributed by atoms with Crippen molar-refractivity contribution in [2.75, 3.05) is 7.11 Å². The van der Waals surface area contributed by atoms with E-state index in [0.717, 1.165) is 0 Å². The number of aryl methyl sites for hydroxylation is 1. The van der Waals surface area contributed by atoms with Gasteiger partial charge in [0.05, 0.1) is 13.2 Å². The number of hydroxylamine groups is 1. The Kier molecular flexibility index (Phi) is 3.99. The van der Waals surface area contributed by atoms with Gasteiger partial charge in [0.2, 0.25) is 0 Å². The smallest absolute Gasteiger partial charge is 0.0574 e. The Bertz CT molecular complexity index is 340. The van der Waals surface area contributed by atoms with Crippen LogP contribution >= 0.6 is 22.6 Å². The van der Waals surface area contributed by atoms with Crippen molar-refractivity contribution < 1.29 is 4.84 Å². The van der Waals surface area contributed by atoms with Crippen LogP contribution < -0.4 is 5.48 Å². The lowest BCUT2D eigenvalue weighted by molar-refractivity contribution is 0.0576. The summed E-state index contributed by atoms with van der Waals surface area (Å²) >= 11 is 2.37. The first kappa shape index (κ1) is 11.4. The summed E-state index contributed by atoms with van der Waals surface area (Å²) in [4.78, 5) is 5.08. The molecular formula is C12H16INO. The van der Waals surface area contributed by atoms with E-state index in [1.54, 1.807) is 7.11 Å². The van der Waals surface area contributed by atoms with E-state index < -0.39 is 0 Å². The van der Waals surface area contributed by atoms with Crippen molar-refractivity contribution in [1.29, 1.82) is 0 Å². The number of nitrogens with one attached hydrogen (secondary N) is 1. The van der Waals surface area contributed by atoms with Gasteiger partial charge in [-0.25, -0.2) is 0 Å². The molecule has 0 bridgehead atoms. The second-order valence-electron chi connectivity index (χ2n) is 3.96. The Labute approximate surface area is 104 Å². The average Bonchev–Trinajstić information content (AvgIpc) is 2.42. The fourth-order valence-corrected chi connectivity index (χ4v) is 2.72. The lowest BCUT2D eigenvalue weighted by atomic mass is 10.00. The molecule has 1 atom stereocenters. The third-order valence-electron chi connectivity index (χ3n) is 2.93. The summed E-state index contributed by atoms with van der Waals surface area (Å²) < 4.78 is 1.30. The topological polar surface area (TPSA) is 21.3 Å². The summed E-state index contributed by atoms with van der Waals surface area (Å²) in [6, 6.07) is 7.08. The number of halogens is 1. The first-order valence-corrected chi connectivity index (χ1v) is 6.46. The monoisotopic (exact) mass is 317 g/mol. The Morgan fingerprint density at radius 1 is 1.40 bits per heavy atom. The largest absolute Gasteiger partial charge is 0.305 e. The van der Waals surface area contributed by atoms with E-state index in [4.69, 9.17) is 4.84 Å². The zero-order chi connectivity index (χ0) is 10.7. The van der Waals surface area contributed by atoms with Crippen molar-refractivity contribution in [1.82, 2.24) is 5.48 Å². The van der Waals surface area contributed by atoms with E-state index in [9.17, 15) is 0 Å². The van der Waals surface area contributed by atoms with Crippen molar-refractivity contribution in [3.8, 4) is 0 Å². The van der Waals surface area contributed by atoms with Gasteiger partial charge in [-0.1, -0.05) is 12.5 Å². The fourth-order valence-electron chi connectivity index (χ4n) is 2.20. The van der Waals surface area contributed by atoms with Crippen LogP contribution in [-0.4, -0.2) is 7.11 Å². The highest BCUT2D eigenvalue weighted by Crippen LogP contribution is 2.29. The molecule has 0 saturated carbocycles. The lowest BCUT2D eigenvalue weighted by Crippen LogP contribution is -2.20. The summed E-state index contributed by atoms with van der Waals surface area (Å²) in [5, 5.41) is 0. The number of hydrogen-bond donors (Lipinski definition) is 1. The van der Waals surface area contributed by atoms with Crippen molar-refractivity contribution in [3.63, 3.8) is 0 Å². The van der Waals surface area contributed by atoms with Crippen LogP contribution in [0.2, 0.25) is 0 Å². The average molecular weight is 317 g/mol. The quantitative estimate of drug-likeness (QED) is 0.514. The molecule has 2 rings (SSSR count). The van der Waals surface area contributed by atoms with Crippen molar-refractivity contribution >= 4 is 22.6 Å². The van der Waals surface area contributed by atoms with Gasteiger partial charge in [-0.2, -0.15) is 5.48 Å². The standard InChI is InChI=1S/C12H16INO/c1-15-14-12-5-3-2-4-9-6-7-10(13)8-11(9)12/h6-8,12,14H,2-5H2,1H3. The molecule has 1 unspecified atom stereocenters. The van der Waals surface area contributed by atoms with Gasteiger partial charge < -0.3 is 4.84 Å². The lowest BCUT2D eigenvalue weighted by Gasteiger charge is -2.18. The van der Waals surface area contributed by atoms with E-state index in [0.29, 0.717) is 6.04 Å². The molecule has 15 heavy (non-hydrogen) atoms. The summed E-state index contributed by atoms with van der Waals surface area (Å²) in [6.45, 7) is 0. The first-order valence-electron chi connectivity index (χ1n) is 5.38. The molecule has 0 saturated heterocycles. The van der Waals surface area contributed by atoms with Gasteiger partial charge in [0.15, 0.2) is 0 Å². The molecule has 0 radical (unpaired) electrons. The first-order chi connectivity index (χ1) is 7.31. The summed E-state index contributed by atoms with van der Waals surface area (Å²) in [6.07, 6.45) is 4.93. The molecule has 82 valence electrons. The predicted molar refractivity (Wildman–Crippen MR) is 69.6 cm³/mol. The normalized spacial score (nSPS) is 20.8. The minimum Gasteiger partial charge on any atom is -0.305 e. The minimum absolute atomic E-state index is 0.363. The minimum atomic E-state index is 0.363. The van der Waals surface area contributed by atoms with Crippen LogP contribution in [0.5, 0.6) is 0 Å². The maximum absolute atomic E-state index is 5.08. The van der Waals surface area contributed by atoms with E-state index in [-0.39, 0.29) is 0 Å². The Morgan fingerprint density at radius 2 is 2.27 bits per heavy atom. The van der Waals surface area contributed by atoms with Gasteiger partial charge in [0.25, 0.3) is 0 Å². The molecule has 0 aromatic heterocycles. The summed E-state index contributed by atoms with van der Waals surface area (Å²) in [7, 11) is 1.69. The summed E-state index contributed by atoms with van der Waals surface area (Å²) in [5.74, 6) is 0. The molecule has 1 aliphatic rings. The molecule has 0 spiro atoms. The Morgan fingerprint density at radius 3 is 3.07 bits per heavy atom. The fraction of sp³-hybridized carbons (Fsp3) is 0.500. The highest BCUT2D eigenvalue weighted by molar-refractivity contribution is 14.1. The molecular weight excluding hydrogens is 301 g/mol. The molecule has 1 aliphatic carbocycles. The number of hydrogen-bond acceptors (Lipinski definition) is 2. The van der Waals surface area contributed by atoms with Gasteiger partial charge in [-0.15, -0.1) is 0 Å². The van der Waals surface area contributed by atoms with Crippen LogP contribution in [0.25, 0.3) is 0 Å². The number of fused-ring (bicyclic) bond motifs is 1. The third-order valence-corrected chi connectivity index (χ3v) is 3.60. The molecule has 1 aromatic carbocycles. The number of rotatable bonds is 2. The second kappa shape index (κ2) is 5.27. The van der Waals surface area contributed by atoms with Gasteiger partial charge in [0.1, 0.15) is 0 Å². The molecule has 1 aromatic rings. The van der Waals surface area contributed by atoms with E-state index >= 15 is 0 Å². The zero-order valence-corrected chi connectivity index (χ0v) is 11.1. The number of benzene rings is 1. The van der Waals surface area contributed by atoms with Crippen LogP contribution in [0.4, 0.5) is 0 Å². The SMILES string of the molecule is CONC1CCCCc2ccc(I)cc21. The van der Waals surface area contributed by atoms with Crippen molar-refractivity contribution in [2.24, 2.45) is 0 Å². The van der Waals surface area contributed by atoms with Gasteiger partial charge in [0, 0.05) is 3.57 Å². The molecule has 0 aliphatic heterocycles. The molecule has 1 N–H and O–H groups in total. The molecule has 0 heterocycles. The van der Waals surface area contributed by atoms with Gasteiger partial charge >= 0.3 is 0 Å². The van der Waals surface area contributed by atoms with Crippen LogP contribution in [0.1, 0.15) is 36.4 Å². The van der Waals surface area contributed by atoms with Crippen LogP contribution in [0, 0.1) is 3.57 Å². The highest BCUT2D eigenvalue weighted by Gasteiger charge is 2.18. The Hall–Kier alpha value is -0.130. The van der Waals surface area contributed by atoms with Crippen LogP contribution in [0.3, 0.4) is 0 Å². The molecule has 0 fully saturated rings. The predicted octanol–water partition coefficient (Wildman–Crippen LogP) is 3.21. The van der Waals surface area contributed by atoms with Gasteiger partial charge in [-0.3, -0.25) is 0 Å². The van der Waals surface area contributed by atoms with Crippen LogP contribution in [-0.2, 0) is 11.3 Å². The van der Waals surface area contributed by atoms with Crippen molar-refractivity contribution in [3.05, 3.63) is 32.9 Å². The summed E-state index contributed by atoms with van der Waals surface area (Å²) in [5.41, 5.74) is 6.00. The molecule has 0 amide bonds. The molecule has 3 heteroatoms.